The average Bonchev–Trinajstić information content (AvgIpc) is 2.44. The maximum Gasteiger partial charge on any atom is 0.333 e. The molecule has 0 heterocycles. The first kappa shape index (κ1) is 19.1. The molecule has 0 saturated carbocycles. The Morgan fingerprint density at radius 2 is 1.71 bits per heavy atom. The van der Waals surface area contributed by atoms with Crippen LogP contribution in [-0.2, 0) is 28.5 Å². The summed E-state index contributed by atoms with van der Waals surface area (Å²) in [5.74, 6) is -0.844. The van der Waals surface area contributed by atoms with Gasteiger partial charge in [0.2, 0.25) is 5.91 Å². The van der Waals surface area contributed by atoms with Crippen LogP contribution < -0.4 is 5.32 Å². The van der Waals surface area contributed by atoms with Crippen molar-refractivity contribution in [3.8, 4) is 0 Å². The molecule has 0 aromatic rings. The molecule has 120 valence electrons. The summed E-state index contributed by atoms with van der Waals surface area (Å²) < 4.78 is 19.9. The smallest absolute Gasteiger partial charge is 0.333 e. The summed E-state index contributed by atoms with van der Waals surface area (Å²) in [5, 5.41) is 5.62. The Bertz CT molecular complexity index is 346. The van der Waals surface area contributed by atoms with E-state index in [0.29, 0.717) is 33.0 Å². The van der Waals surface area contributed by atoms with Crippen LogP contribution in [0.25, 0.3) is 10.4 Å². The number of ether oxygens (including phenoxy) is 4. The van der Waals surface area contributed by atoms with Gasteiger partial charge in [-0.15, -0.1) is 0 Å². The number of hydrogen-bond donors (Lipinski definition) is 1. The van der Waals surface area contributed by atoms with E-state index >= 15 is 0 Å². The molecule has 0 atom stereocenters. The van der Waals surface area contributed by atoms with Crippen molar-refractivity contribution in [2.45, 2.75) is 6.92 Å². The zero-order chi connectivity index (χ0) is 15.8. The van der Waals surface area contributed by atoms with Crippen molar-refractivity contribution >= 4 is 11.9 Å². The van der Waals surface area contributed by atoms with E-state index in [9.17, 15) is 9.59 Å². The summed E-state index contributed by atoms with van der Waals surface area (Å²) in [7, 11) is 0. The van der Waals surface area contributed by atoms with Gasteiger partial charge in [0.25, 0.3) is 0 Å². The number of nitrogens with one attached hydrogen (secondary N) is 1. The van der Waals surface area contributed by atoms with Crippen molar-refractivity contribution < 1.29 is 28.5 Å². The fraction of sp³-hybridized carbons (Fsp3) is 0.818. The Kier molecular flexibility index (Phi) is 13.2. The van der Waals surface area contributed by atoms with Gasteiger partial charge in [0.15, 0.2) is 6.73 Å². The standard InChI is InChI=1S/C11H20N4O6/c1-10(16)13-9-21-11(17)8-20-7-6-19-5-4-18-3-2-14-15-12/h2-9H2,1H3,(H,13,16). The topological polar surface area (TPSA) is 132 Å². The lowest BCUT2D eigenvalue weighted by molar-refractivity contribution is -0.150. The first-order valence-electron chi connectivity index (χ1n) is 6.31. The summed E-state index contributed by atoms with van der Waals surface area (Å²) in [6.45, 7) is 2.93. The lowest BCUT2D eigenvalue weighted by Crippen LogP contribution is -2.26. The van der Waals surface area contributed by atoms with E-state index in [2.05, 4.69) is 20.1 Å². The maximum atomic E-state index is 11.1. The van der Waals surface area contributed by atoms with E-state index in [-0.39, 0.29) is 25.9 Å². The van der Waals surface area contributed by atoms with Crippen LogP contribution in [0.3, 0.4) is 0 Å². The minimum atomic E-state index is -0.565. The van der Waals surface area contributed by atoms with Crippen LogP contribution >= 0.6 is 0 Å². The third-order valence-corrected chi connectivity index (χ3v) is 1.92. The van der Waals surface area contributed by atoms with Crippen molar-refractivity contribution in [2.75, 3.05) is 52.9 Å². The van der Waals surface area contributed by atoms with Crippen LogP contribution in [0.5, 0.6) is 0 Å². The number of nitrogens with zero attached hydrogens (tertiary/aromatic N) is 3. The SMILES string of the molecule is CC(=O)NCOC(=O)COCCOCCOCCN=[N+]=[N-]. The first-order chi connectivity index (χ1) is 10.2. The predicted octanol–water partition coefficient (Wildman–Crippen LogP) is -0.0167. The van der Waals surface area contributed by atoms with Gasteiger partial charge in [-0.2, -0.15) is 0 Å². The molecule has 0 aliphatic heterocycles. The van der Waals surface area contributed by atoms with E-state index in [1.165, 1.54) is 6.92 Å². The molecule has 0 spiro atoms. The molecule has 0 radical (unpaired) electrons. The Balaban J connectivity index is 3.19. The van der Waals surface area contributed by atoms with Crippen molar-refractivity contribution in [3.05, 3.63) is 10.4 Å². The first-order valence-corrected chi connectivity index (χ1v) is 6.31. The number of rotatable bonds is 13. The van der Waals surface area contributed by atoms with Crippen LogP contribution in [0.15, 0.2) is 5.11 Å². The fourth-order valence-electron chi connectivity index (χ4n) is 1.01. The lowest BCUT2D eigenvalue weighted by Gasteiger charge is -2.07. The molecule has 0 aromatic heterocycles. The van der Waals surface area contributed by atoms with Gasteiger partial charge in [0.1, 0.15) is 6.61 Å². The summed E-state index contributed by atoms with van der Waals surface area (Å²) >= 11 is 0. The van der Waals surface area contributed by atoms with E-state index in [1.54, 1.807) is 0 Å². The van der Waals surface area contributed by atoms with Crippen LogP contribution in [-0.4, -0.2) is 64.8 Å². The zero-order valence-electron chi connectivity index (χ0n) is 11.9. The third kappa shape index (κ3) is 16.1. The molecule has 1 N–H and O–H groups in total. The quantitative estimate of drug-likeness (QED) is 0.127. The molecule has 0 unspecified atom stereocenters. The molecule has 0 aromatic carbocycles. The zero-order valence-corrected chi connectivity index (χ0v) is 11.9. The number of esters is 1. The highest BCUT2D eigenvalue weighted by Crippen LogP contribution is 1.84. The second-order valence-electron chi connectivity index (χ2n) is 3.63. The molecular formula is C11H20N4O6. The number of hydrogen-bond acceptors (Lipinski definition) is 7. The number of carbonyl (C=O) groups excluding carboxylic acids is 2. The lowest BCUT2D eigenvalue weighted by atomic mass is 10.6. The Morgan fingerprint density at radius 1 is 1.10 bits per heavy atom. The van der Waals surface area contributed by atoms with Gasteiger partial charge in [0, 0.05) is 18.4 Å². The summed E-state index contributed by atoms with van der Waals surface area (Å²) in [6.07, 6.45) is 0. The van der Waals surface area contributed by atoms with Gasteiger partial charge >= 0.3 is 5.97 Å². The molecule has 0 aliphatic carbocycles. The maximum absolute atomic E-state index is 11.1. The molecule has 0 fully saturated rings. The molecular weight excluding hydrogens is 284 g/mol. The highest BCUT2D eigenvalue weighted by atomic mass is 16.6. The highest BCUT2D eigenvalue weighted by molar-refractivity contribution is 5.74. The van der Waals surface area contributed by atoms with Crippen molar-refractivity contribution in [1.82, 2.24) is 5.32 Å². The molecule has 10 heteroatoms. The fourth-order valence-corrected chi connectivity index (χ4v) is 1.01. The number of carbonyl (C=O) groups is 2. The molecule has 0 bridgehead atoms. The normalized spacial score (nSPS) is 9.76. The van der Waals surface area contributed by atoms with Gasteiger partial charge in [-0.05, 0) is 5.53 Å². The van der Waals surface area contributed by atoms with Gasteiger partial charge in [-0.1, -0.05) is 5.11 Å². The van der Waals surface area contributed by atoms with E-state index in [1.807, 2.05) is 0 Å². The predicted molar refractivity (Wildman–Crippen MR) is 71.2 cm³/mol. The van der Waals surface area contributed by atoms with E-state index in [0.717, 1.165) is 0 Å². The van der Waals surface area contributed by atoms with Crippen molar-refractivity contribution in [1.29, 1.82) is 0 Å². The molecule has 0 aliphatic rings. The van der Waals surface area contributed by atoms with Gasteiger partial charge < -0.3 is 24.3 Å². The van der Waals surface area contributed by atoms with Crippen molar-refractivity contribution in [3.63, 3.8) is 0 Å². The number of amides is 1. The number of azide groups is 1. The summed E-state index contributed by atoms with van der Waals surface area (Å²) in [6, 6.07) is 0. The Hall–Kier alpha value is -1.87. The second-order valence-corrected chi connectivity index (χ2v) is 3.63. The van der Waals surface area contributed by atoms with Crippen molar-refractivity contribution in [2.24, 2.45) is 5.11 Å². The van der Waals surface area contributed by atoms with Crippen LogP contribution in [0.2, 0.25) is 0 Å². The molecule has 0 saturated heterocycles. The van der Waals surface area contributed by atoms with E-state index < -0.39 is 5.97 Å². The largest absolute Gasteiger partial charge is 0.443 e. The summed E-state index contributed by atoms with van der Waals surface area (Å²) in [4.78, 5) is 24.2. The molecule has 1 amide bonds. The van der Waals surface area contributed by atoms with Crippen LogP contribution in [0.1, 0.15) is 6.92 Å². The van der Waals surface area contributed by atoms with E-state index in [4.69, 9.17) is 19.7 Å². The molecule has 0 rings (SSSR count). The van der Waals surface area contributed by atoms with Gasteiger partial charge in [-0.25, -0.2) is 4.79 Å². The van der Waals surface area contributed by atoms with Crippen LogP contribution in [0.4, 0.5) is 0 Å². The minimum absolute atomic E-state index is 0.165. The molecule has 10 nitrogen and oxygen atoms in total. The third-order valence-electron chi connectivity index (χ3n) is 1.92. The highest BCUT2D eigenvalue weighted by Gasteiger charge is 2.02. The summed E-state index contributed by atoms with van der Waals surface area (Å²) in [5.41, 5.74) is 8.01. The second kappa shape index (κ2) is 14.5. The Morgan fingerprint density at radius 3 is 2.33 bits per heavy atom. The average molecular weight is 304 g/mol. The van der Waals surface area contributed by atoms with Gasteiger partial charge in [0.05, 0.1) is 33.0 Å². The van der Waals surface area contributed by atoms with Gasteiger partial charge in [-0.3, -0.25) is 4.79 Å². The monoisotopic (exact) mass is 304 g/mol. The Labute approximate surface area is 122 Å². The minimum Gasteiger partial charge on any atom is -0.443 e. The van der Waals surface area contributed by atoms with Crippen LogP contribution in [0, 0.1) is 0 Å². The molecule has 21 heavy (non-hydrogen) atoms.